The average molecular weight is 306 g/mol. The third-order valence-corrected chi connectivity index (χ3v) is 2.74. The van der Waals surface area contributed by atoms with Crippen LogP contribution in [0.2, 0.25) is 5.02 Å². The van der Waals surface area contributed by atoms with Crippen molar-refractivity contribution in [2.75, 3.05) is 0 Å². The van der Waals surface area contributed by atoms with Crippen molar-refractivity contribution in [2.24, 2.45) is 0 Å². The van der Waals surface area contributed by atoms with Crippen molar-refractivity contribution in [2.45, 2.75) is 12.7 Å². The Bertz CT molecular complexity index is 655. The van der Waals surface area contributed by atoms with Gasteiger partial charge in [-0.05, 0) is 18.2 Å². The van der Waals surface area contributed by atoms with Crippen molar-refractivity contribution >= 4 is 17.3 Å². The summed E-state index contributed by atoms with van der Waals surface area (Å²) < 4.78 is 38.2. The Hall–Kier alpha value is -2.09. The number of nitrogens with zero attached hydrogens (tertiary/aromatic N) is 3. The zero-order valence-corrected chi connectivity index (χ0v) is 10.5. The lowest BCUT2D eigenvalue weighted by atomic mass is 10.2. The molecule has 20 heavy (non-hydrogen) atoms. The molecule has 0 fully saturated rings. The lowest BCUT2D eigenvalue weighted by molar-refractivity contribution is -0.385. The molecule has 0 saturated heterocycles. The number of hydrogen-bond donors (Lipinski definition) is 0. The van der Waals surface area contributed by atoms with Crippen molar-refractivity contribution in [3.63, 3.8) is 0 Å². The molecule has 5 nitrogen and oxygen atoms in total. The van der Waals surface area contributed by atoms with Crippen LogP contribution in [0.3, 0.4) is 0 Å². The molecule has 2 aromatic rings. The van der Waals surface area contributed by atoms with Crippen LogP contribution >= 0.6 is 11.6 Å². The van der Waals surface area contributed by atoms with Gasteiger partial charge in [0.15, 0.2) is 5.69 Å². The van der Waals surface area contributed by atoms with E-state index < -0.39 is 16.8 Å². The summed E-state index contributed by atoms with van der Waals surface area (Å²) in [6, 6.07) is 4.67. The molecular weight excluding hydrogens is 299 g/mol. The van der Waals surface area contributed by atoms with Crippen LogP contribution < -0.4 is 0 Å². The molecule has 0 aliphatic rings. The maximum atomic E-state index is 12.4. The summed E-state index contributed by atoms with van der Waals surface area (Å²) in [7, 11) is 0. The summed E-state index contributed by atoms with van der Waals surface area (Å²) in [5.74, 6) is 0. The van der Waals surface area contributed by atoms with Crippen molar-refractivity contribution in [3.8, 4) is 0 Å². The normalized spacial score (nSPS) is 11.6. The third-order valence-electron chi connectivity index (χ3n) is 2.50. The minimum atomic E-state index is -4.55. The van der Waals surface area contributed by atoms with E-state index in [9.17, 15) is 23.3 Å². The number of benzene rings is 1. The second kappa shape index (κ2) is 5.12. The van der Waals surface area contributed by atoms with E-state index in [2.05, 4.69) is 5.10 Å². The molecule has 0 aliphatic carbocycles. The molecule has 9 heteroatoms. The third kappa shape index (κ3) is 3.08. The van der Waals surface area contributed by atoms with Crippen molar-refractivity contribution < 1.29 is 18.1 Å². The summed E-state index contributed by atoms with van der Waals surface area (Å²) in [6.07, 6.45) is -3.45. The van der Waals surface area contributed by atoms with Crippen LogP contribution in [-0.4, -0.2) is 14.7 Å². The topological polar surface area (TPSA) is 61.0 Å². The monoisotopic (exact) mass is 305 g/mol. The summed E-state index contributed by atoms with van der Waals surface area (Å²) in [5, 5.41) is 14.4. The van der Waals surface area contributed by atoms with Gasteiger partial charge in [-0.15, -0.1) is 0 Å². The van der Waals surface area contributed by atoms with Gasteiger partial charge in [0, 0.05) is 17.3 Å². The molecule has 1 heterocycles. The molecule has 106 valence electrons. The molecule has 2 rings (SSSR count). The van der Waals surface area contributed by atoms with Gasteiger partial charge in [-0.25, -0.2) is 0 Å². The summed E-state index contributed by atoms with van der Waals surface area (Å²) in [6.45, 7) is -0.174. The predicted molar refractivity (Wildman–Crippen MR) is 64.4 cm³/mol. The first-order valence-electron chi connectivity index (χ1n) is 5.31. The van der Waals surface area contributed by atoms with E-state index in [0.29, 0.717) is 0 Å². The molecule has 0 saturated carbocycles. The first-order chi connectivity index (χ1) is 9.27. The Morgan fingerprint density at radius 1 is 1.35 bits per heavy atom. The van der Waals surface area contributed by atoms with Crippen LogP contribution in [0.15, 0.2) is 30.5 Å². The van der Waals surface area contributed by atoms with Crippen LogP contribution in [0.25, 0.3) is 0 Å². The highest BCUT2D eigenvalue weighted by Gasteiger charge is 2.33. The SMILES string of the molecule is O=[N+]([O-])c1ccc(Cl)cc1Cn1ccc(C(F)(F)F)n1. The van der Waals surface area contributed by atoms with Crippen LogP contribution in [0.4, 0.5) is 18.9 Å². The van der Waals surface area contributed by atoms with Crippen molar-refractivity contribution in [1.82, 2.24) is 9.78 Å². The summed E-state index contributed by atoms with van der Waals surface area (Å²) >= 11 is 5.73. The Balaban J connectivity index is 2.32. The minimum absolute atomic E-state index is 0.174. The Morgan fingerprint density at radius 2 is 2.05 bits per heavy atom. The van der Waals surface area contributed by atoms with Crippen molar-refractivity contribution in [3.05, 3.63) is 56.9 Å². The number of nitro benzene ring substituents is 1. The van der Waals surface area contributed by atoms with E-state index >= 15 is 0 Å². The number of rotatable bonds is 3. The molecule has 0 aliphatic heterocycles. The van der Waals surface area contributed by atoms with Gasteiger partial charge in [0.1, 0.15) is 0 Å². The second-order valence-electron chi connectivity index (χ2n) is 3.93. The smallest absolute Gasteiger partial charge is 0.267 e. The highest BCUT2D eigenvalue weighted by atomic mass is 35.5. The van der Waals surface area contributed by atoms with Crippen LogP contribution in [0.5, 0.6) is 0 Å². The summed E-state index contributed by atoms with van der Waals surface area (Å²) in [4.78, 5) is 10.2. The molecule has 0 bridgehead atoms. The molecule has 1 aromatic carbocycles. The van der Waals surface area contributed by atoms with E-state index in [0.717, 1.165) is 16.9 Å². The molecule has 1 aromatic heterocycles. The predicted octanol–water partition coefficient (Wildman–Crippen LogP) is 3.51. The number of halogens is 4. The molecule has 0 atom stereocenters. The highest BCUT2D eigenvalue weighted by molar-refractivity contribution is 6.30. The van der Waals surface area contributed by atoms with Crippen LogP contribution in [-0.2, 0) is 12.7 Å². The fraction of sp³-hybridized carbons (Fsp3) is 0.182. The first kappa shape index (κ1) is 14.3. The fourth-order valence-corrected chi connectivity index (χ4v) is 1.83. The van der Waals surface area contributed by atoms with Crippen LogP contribution in [0, 0.1) is 10.1 Å². The Morgan fingerprint density at radius 3 is 2.60 bits per heavy atom. The number of hydrogen-bond acceptors (Lipinski definition) is 3. The average Bonchev–Trinajstić information content (AvgIpc) is 2.76. The van der Waals surface area contributed by atoms with Gasteiger partial charge in [0.05, 0.1) is 17.0 Å². The minimum Gasteiger partial charge on any atom is -0.267 e. The number of nitro groups is 1. The van der Waals surface area contributed by atoms with Gasteiger partial charge in [-0.3, -0.25) is 14.8 Å². The Labute approximate surface area is 115 Å². The quantitative estimate of drug-likeness (QED) is 0.644. The van der Waals surface area contributed by atoms with Gasteiger partial charge in [0.2, 0.25) is 0 Å². The largest absolute Gasteiger partial charge is 0.435 e. The van der Waals surface area contributed by atoms with Gasteiger partial charge < -0.3 is 0 Å². The van der Waals surface area contributed by atoms with Gasteiger partial charge in [-0.1, -0.05) is 11.6 Å². The standard InChI is InChI=1S/C11H7ClF3N3O2/c12-8-1-2-9(18(19)20)7(5-8)6-17-4-3-10(16-17)11(13,14)15/h1-5H,6H2. The number of alkyl halides is 3. The lowest BCUT2D eigenvalue weighted by Gasteiger charge is -2.05. The van der Waals surface area contributed by atoms with E-state index in [1.807, 2.05) is 0 Å². The fourth-order valence-electron chi connectivity index (χ4n) is 1.63. The molecule has 0 spiro atoms. The molecule has 0 N–H and O–H groups in total. The second-order valence-corrected chi connectivity index (χ2v) is 4.36. The molecule has 0 radical (unpaired) electrons. The molecule has 0 unspecified atom stereocenters. The maximum Gasteiger partial charge on any atom is 0.435 e. The first-order valence-corrected chi connectivity index (χ1v) is 5.68. The van der Waals surface area contributed by atoms with Gasteiger partial charge in [-0.2, -0.15) is 18.3 Å². The van der Waals surface area contributed by atoms with E-state index in [1.54, 1.807) is 0 Å². The molecule has 0 amide bonds. The summed E-state index contributed by atoms with van der Waals surface area (Å²) in [5.41, 5.74) is -1.10. The van der Waals surface area contributed by atoms with Crippen LogP contribution in [0.1, 0.15) is 11.3 Å². The molecular formula is C11H7ClF3N3O2. The zero-order chi connectivity index (χ0) is 14.9. The van der Waals surface area contributed by atoms with E-state index in [1.165, 1.54) is 18.2 Å². The van der Waals surface area contributed by atoms with Gasteiger partial charge in [0.25, 0.3) is 5.69 Å². The van der Waals surface area contributed by atoms with Crippen molar-refractivity contribution in [1.29, 1.82) is 0 Å². The van der Waals surface area contributed by atoms with E-state index in [4.69, 9.17) is 11.6 Å². The highest BCUT2D eigenvalue weighted by Crippen LogP contribution is 2.28. The van der Waals surface area contributed by atoms with Gasteiger partial charge >= 0.3 is 6.18 Å². The van der Waals surface area contributed by atoms with E-state index in [-0.39, 0.29) is 22.8 Å². The lowest BCUT2D eigenvalue weighted by Crippen LogP contribution is -2.09. The Kier molecular flexibility index (Phi) is 3.67. The number of aromatic nitrogens is 2. The maximum absolute atomic E-state index is 12.4. The zero-order valence-electron chi connectivity index (χ0n) is 9.76.